The molecule has 4 aromatic rings. The van der Waals surface area contributed by atoms with Gasteiger partial charge in [-0.3, -0.25) is 0 Å². The molecule has 7 nitrogen and oxygen atoms in total. The monoisotopic (exact) mass is 338 g/mol. The number of aromatic hydroxyl groups is 1. The van der Waals surface area contributed by atoms with Crippen molar-refractivity contribution in [3.05, 3.63) is 52.8 Å². The molecule has 0 saturated carbocycles. The van der Waals surface area contributed by atoms with Crippen LogP contribution in [0.1, 0.15) is 5.76 Å². The normalized spacial score (nSPS) is 11.1. The average Bonchev–Trinajstić information content (AvgIpc) is 3.21. The molecule has 0 amide bonds. The van der Waals surface area contributed by atoms with Crippen molar-refractivity contribution >= 4 is 11.0 Å². The number of H-pyrrole nitrogens is 1. The van der Waals surface area contributed by atoms with E-state index in [9.17, 15) is 9.90 Å². The van der Waals surface area contributed by atoms with Crippen LogP contribution in [0.2, 0.25) is 0 Å². The molecule has 25 heavy (non-hydrogen) atoms. The van der Waals surface area contributed by atoms with Crippen LogP contribution >= 0.6 is 0 Å². The zero-order chi connectivity index (χ0) is 17.6. The maximum atomic E-state index is 12.0. The minimum atomic E-state index is -0.560. The second-order valence-electron chi connectivity index (χ2n) is 5.53. The number of aromatic nitrogens is 2. The molecule has 0 unspecified atom stereocenters. The fourth-order valence-electron chi connectivity index (χ4n) is 2.82. The molecule has 3 heterocycles. The molecule has 1 aromatic carbocycles. The van der Waals surface area contributed by atoms with Gasteiger partial charge >= 0.3 is 5.69 Å². The first-order chi connectivity index (χ1) is 12.1. The zero-order valence-electron chi connectivity index (χ0n) is 13.5. The number of hydrogen-bond acceptors (Lipinski definition) is 6. The van der Waals surface area contributed by atoms with E-state index in [0.29, 0.717) is 33.7 Å². The van der Waals surface area contributed by atoms with E-state index in [1.54, 1.807) is 24.3 Å². The van der Waals surface area contributed by atoms with Gasteiger partial charge in [0, 0.05) is 6.07 Å². The predicted octanol–water partition coefficient (Wildman–Crippen LogP) is 3.47. The molecule has 0 atom stereocenters. The first kappa shape index (κ1) is 15.1. The number of phenols is 1. The van der Waals surface area contributed by atoms with Gasteiger partial charge in [-0.2, -0.15) is 4.98 Å². The summed E-state index contributed by atoms with van der Waals surface area (Å²) in [7, 11) is 1.48. The first-order valence-corrected chi connectivity index (χ1v) is 7.52. The molecule has 0 bridgehead atoms. The lowest BCUT2D eigenvalue weighted by atomic mass is 10.0. The summed E-state index contributed by atoms with van der Waals surface area (Å²) in [5.74, 6) is 1.50. The molecular formula is C18H14N2O5. The van der Waals surface area contributed by atoms with Gasteiger partial charge < -0.3 is 23.7 Å². The van der Waals surface area contributed by atoms with Gasteiger partial charge in [-0.25, -0.2) is 4.79 Å². The summed E-state index contributed by atoms with van der Waals surface area (Å²) in [4.78, 5) is 18.6. The molecule has 2 N–H and O–H groups in total. The van der Waals surface area contributed by atoms with Crippen molar-refractivity contribution in [1.29, 1.82) is 0 Å². The van der Waals surface area contributed by atoms with Crippen molar-refractivity contribution in [3.63, 3.8) is 0 Å². The van der Waals surface area contributed by atoms with Crippen LogP contribution in [0, 0.1) is 6.92 Å². The van der Waals surface area contributed by atoms with Crippen molar-refractivity contribution in [3.8, 4) is 34.2 Å². The van der Waals surface area contributed by atoms with Crippen molar-refractivity contribution in [2.24, 2.45) is 0 Å². The molecule has 7 heteroatoms. The minimum absolute atomic E-state index is 0.0982. The summed E-state index contributed by atoms with van der Waals surface area (Å²) < 4.78 is 16.3. The average molecular weight is 338 g/mol. The Hall–Kier alpha value is -3.48. The zero-order valence-corrected chi connectivity index (χ0v) is 13.5. The number of hydrogen-bond donors (Lipinski definition) is 2. The number of methoxy groups -OCH3 is 1. The summed E-state index contributed by atoms with van der Waals surface area (Å²) in [6, 6.07) is 8.36. The number of furan rings is 2. The highest BCUT2D eigenvalue weighted by molar-refractivity contribution is 5.95. The van der Waals surface area contributed by atoms with Crippen LogP contribution in [0.5, 0.6) is 11.5 Å². The second-order valence-corrected chi connectivity index (χ2v) is 5.53. The van der Waals surface area contributed by atoms with Crippen molar-refractivity contribution in [2.75, 3.05) is 7.11 Å². The third-order valence-corrected chi connectivity index (χ3v) is 3.90. The van der Waals surface area contributed by atoms with E-state index in [1.807, 2.05) is 6.92 Å². The van der Waals surface area contributed by atoms with Crippen molar-refractivity contribution in [1.82, 2.24) is 9.97 Å². The van der Waals surface area contributed by atoms with E-state index in [2.05, 4.69) is 9.97 Å². The van der Waals surface area contributed by atoms with Gasteiger partial charge in [0.15, 0.2) is 5.76 Å². The third-order valence-electron chi connectivity index (χ3n) is 3.90. The lowest BCUT2D eigenvalue weighted by Crippen LogP contribution is -2.12. The van der Waals surface area contributed by atoms with Crippen LogP contribution < -0.4 is 10.4 Å². The van der Waals surface area contributed by atoms with Gasteiger partial charge in [0.1, 0.15) is 22.8 Å². The van der Waals surface area contributed by atoms with E-state index in [1.165, 1.54) is 19.4 Å². The third kappa shape index (κ3) is 2.46. The summed E-state index contributed by atoms with van der Waals surface area (Å²) >= 11 is 0. The number of ether oxygens (including phenoxy) is 1. The van der Waals surface area contributed by atoms with Gasteiger partial charge in [0.05, 0.1) is 35.7 Å². The first-order valence-electron chi connectivity index (χ1n) is 7.52. The number of fused-ring (bicyclic) bond motifs is 1. The molecule has 0 spiro atoms. The topological polar surface area (TPSA) is 101 Å². The summed E-state index contributed by atoms with van der Waals surface area (Å²) in [6.45, 7) is 1.81. The van der Waals surface area contributed by atoms with Crippen LogP contribution in [-0.2, 0) is 0 Å². The van der Waals surface area contributed by atoms with Crippen LogP contribution in [-0.4, -0.2) is 22.2 Å². The Labute approximate surface area is 141 Å². The van der Waals surface area contributed by atoms with E-state index >= 15 is 0 Å². The number of aromatic amines is 1. The highest BCUT2D eigenvalue weighted by Gasteiger charge is 2.20. The number of nitrogens with zero attached hydrogens (tertiary/aromatic N) is 1. The van der Waals surface area contributed by atoms with Crippen molar-refractivity contribution < 1.29 is 18.7 Å². The number of phenolic OH excluding ortho intramolecular Hbond substituents is 1. The van der Waals surface area contributed by atoms with Gasteiger partial charge in [-0.1, -0.05) is 0 Å². The number of nitrogens with one attached hydrogen (secondary N) is 1. The Morgan fingerprint density at radius 1 is 1.24 bits per heavy atom. The Balaban J connectivity index is 1.99. The number of benzene rings is 1. The molecule has 0 aliphatic carbocycles. The van der Waals surface area contributed by atoms with Gasteiger partial charge in [-0.15, -0.1) is 0 Å². The number of aryl methyl sites for hydroxylation is 1. The summed E-state index contributed by atoms with van der Waals surface area (Å²) in [5.41, 5.74) is 0.953. The maximum absolute atomic E-state index is 12.0. The highest BCUT2D eigenvalue weighted by atomic mass is 16.5. The SMILES string of the molecule is COc1c(-c2cc(-c3ccc(C)o3)[nH]c(=O)n2)c(O)cc2occc12. The molecule has 0 aliphatic rings. The Kier molecular flexibility index (Phi) is 3.35. The molecule has 0 saturated heterocycles. The Morgan fingerprint density at radius 3 is 2.80 bits per heavy atom. The molecule has 0 fully saturated rings. The van der Waals surface area contributed by atoms with Gasteiger partial charge in [0.25, 0.3) is 0 Å². The van der Waals surface area contributed by atoms with Crippen molar-refractivity contribution in [2.45, 2.75) is 6.92 Å². The lowest BCUT2D eigenvalue weighted by Gasteiger charge is -2.11. The van der Waals surface area contributed by atoms with Crippen LogP contribution in [0.15, 0.2) is 50.2 Å². The predicted molar refractivity (Wildman–Crippen MR) is 90.7 cm³/mol. The summed E-state index contributed by atoms with van der Waals surface area (Å²) in [6.07, 6.45) is 1.50. The molecule has 0 radical (unpaired) electrons. The van der Waals surface area contributed by atoms with Crippen LogP contribution in [0.25, 0.3) is 33.7 Å². The van der Waals surface area contributed by atoms with Gasteiger partial charge in [-0.05, 0) is 31.2 Å². The highest BCUT2D eigenvalue weighted by Crippen LogP contribution is 2.43. The fraction of sp³-hybridized carbons (Fsp3) is 0.111. The Morgan fingerprint density at radius 2 is 2.08 bits per heavy atom. The molecule has 3 aromatic heterocycles. The quantitative estimate of drug-likeness (QED) is 0.593. The molecular weight excluding hydrogens is 324 g/mol. The Bertz CT molecular complexity index is 1140. The van der Waals surface area contributed by atoms with E-state index < -0.39 is 5.69 Å². The van der Waals surface area contributed by atoms with E-state index in [4.69, 9.17) is 13.6 Å². The smallest absolute Gasteiger partial charge is 0.346 e. The largest absolute Gasteiger partial charge is 0.507 e. The molecule has 4 rings (SSSR count). The minimum Gasteiger partial charge on any atom is -0.507 e. The van der Waals surface area contributed by atoms with Gasteiger partial charge in [0.2, 0.25) is 0 Å². The maximum Gasteiger partial charge on any atom is 0.346 e. The lowest BCUT2D eigenvalue weighted by molar-refractivity contribution is 0.414. The van der Waals surface area contributed by atoms with E-state index in [-0.39, 0.29) is 11.4 Å². The molecule has 0 aliphatic heterocycles. The fourth-order valence-corrected chi connectivity index (χ4v) is 2.82. The number of rotatable bonds is 3. The standard InChI is InChI=1S/C18H14N2O5/c1-9-3-4-14(25-9)11-7-12(20-18(22)19-11)16-13(21)8-15-10(5-6-24-15)17(16)23-2/h3-8,21H,1-2H3,(H,19,20,22). The van der Waals surface area contributed by atoms with Crippen LogP contribution in [0.4, 0.5) is 0 Å². The second kappa shape index (κ2) is 5.55. The summed E-state index contributed by atoms with van der Waals surface area (Å²) in [5, 5.41) is 11.1. The van der Waals surface area contributed by atoms with Crippen LogP contribution in [0.3, 0.4) is 0 Å². The van der Waals surface area contributed by atoms with E-state index in [0.717, 1.165) is 5.76 Å². The molecule has 126 valence electrons.